The van der Waals surface area contributed by atoms with Crippen LogP contribution in [-0.2, 0) is 4.79 Å². The van der Waals surface area contributed by atoms with Gasteiger partial charge in [-0.05, 0) is 61.7 Å². The molecule has 0 saturated heterocycles. The Balaban J connectivity index is 1.97. The average Bonchev–Trinajstić information content (AvgIpc) is 2.56. The molecule has 0 saturated carbocycles. The Morgan fingerprint density at radius 3 is 2.54 bits per heavy atom. The van der Waals surface area contributed by atoms with E-state index in [-0.39, 0.29) is 17.7 Å². The van der Waals surface area contributed by atoms with Crippen molar-refractivity contribution in [3.05, 3.63) is 59.2 Å². The maximum Gasteiger partial charge on any atom is 0.262 e. The van der Waals surface area contributed by atoms with E-state index in [0.717, 1.165) is 16.8 Å². The molecule has 2 aromatic rings. The second kappa shape index (κ2) is 8.15. The number of anilines is 1. The lowest BCUT2D eigenvalue weighted by Gasteiger charge is -2.18. The predicted molar refractivity (Wildman–Crippen MR) is 97.5 cm³/mol. The number of carbonyl (C=O) groups excluding carboxylic acids is 1. The standard InChI is InChI=1S/C19H23N3O2/c1-4-17(21-18-10-5-13(2)11-14(18)3)19(24)22-20-12-15-6-8-16(23)9-7-15/h5-12,17,21,23H,4H2,1-3H3,(H,22,24)/b20-12+/t17-/m0/s1. The zero-order valence-electron chi connectivity index (χ0n) is 14.2. The van der Waals surface area contributed by atoms with Crippen LogP contribution in [0.3, 0.4) is 0 Å². The maximum atomic E-state index is 12.3. The Morgan fingerprint density at radius 1 is 1.21 bits per heavy atom. The molecule has 0 bridgehead atoms. The van der Waals surface area contributed by atoms with Crippen LogP contribution in [-0.4, -0.2) is 23.3 Å². The molecule has 1 amide bonds. The predicted octanol–water partition coefficient (Wildman–Crippen LogP) is 3.35. The van der Waals surface area contributed by atoms with Crippen LogP contribution in [0.15, 0.2) is 47.6 Å². The molecular weight excluding hydrogens is 302 g/mol. The summed E-state index contributed by atoms with van der Waals surface area (Å²) in [6.45, 7) is 6.01. The molecule has 126 valence electrons. The molecule has 1 atom stereocenters. The number of rotatable bonds is 6. The SMILES string of the molecule is CC[C@H](Nc1ccc(C)cc1C)C(=O)N/N=C/c1ccc(O)cc1. The number of hydrogen-bond acceptors (Lipinski definition) is 4. The van der Waals surface area contributed by atoms with Crippen LogP contribution < -0.4 is 10.7 Å². The molecule has 24 heavy (non-hydrogen) atoms. The van der Waals surface area contributed by atoms with Crippen molar-refractivity contribution in [1.29, 1.82) is 0 Å². The molecule has 0 radical (unpaired) electrons. The van der Waals surface area contributed by atoms with E-state index in [1.807, 2.05) is 32.9 Å². The lowest BCUT2D eigenvalue weighted by Crippen LogP contribution is -2.37. The number of nitrogens with zero attached hydrogens (tertiary/aromatic N) is 1. The zero-order chi connectivity index (χ0) is 17.5. The number of aryl methyl sites for hydroxylation is 2. The average molecular weight is 325 g/mol. The summed E-state index contributed by atoms with van der Waals surface area (Å²) >= 11 is 0. The first-order valence-electron chi connectivity index (χ1n) is 7.95. The monoisotopic (exact) mass is 325 g/mol. The Kier molecular flexibility index (Phi) is 5.95. The number of benzene rings is 2. The third-order valence-electron chi connectivity index (χ3n) is 3.72. The van der Waals surface area contributed by atoms with Gasteiger partial charge in [0.2, 0.25) is 0 Å². The number of phenols is 1. The van der Waals surface area contributed by atoms with Crippen LogP contribution in [0, 0.1) is 13.8 Å². The van der Waals surface area contributed by atoms with Gasteiger partial charge < -0.3 is 10.4 Å². The first-order valence-corrected chi connectivity index (χ1v) is 7.95. The minimum atomic E-state index is -0.358. The molecule has 0 spiro atoms. The fourth-order valence-corrected chi connectivity index (χ4v) is 2.32. The van der Waals surface area contributed by atoms with Crippen molar-refractivity contribution < 1.29 is 9.90 Å². The molecule has 5 heteroatoms. The summed E-state index contributed by atoms with van der Waals surface area (Å²) in [4.78, 5) is 12.3. The topological polar surface area (TPSA) is 73.7 Å². The molecule has 5 nitrogen and oxygen atoms in total. The van der Waals surface area contributed by atoms with Gasteiger partial charge in [0.05, 0.1) is 6.21 Å². The summed E-state index contributed by atoms with van der Waals surface area (Å²) in [5, 5.41) is 16.5. The number of phenolic OH excluding ortho intramolecular Hbond substituents is 1. The summed E-state index contributed by atoms with van der Waals surface area (Å²) in [6.07, 6.45) is 2.19. The minimum absolute atomic E-state index is 0.187. The molecule has 0 aliphatic rings. The van der Waals surface area contributed by atoms with E-state index in [2.05, 4.69) is 21.9 Å². The van der Waals surface area contributed by atoms with E-state index in [4.69, 9.17) is 0 Å². The highest BCUT2D eigenvalue weighted by Gasteiger charge is 2.16. The Bertz CT molecular complexity index is 724. The molecule has 0 aliphatic carbocycles. The first kappa shape index (κ1) is 17.5. The van der Waals surface area contributed by atoms with Crippen LogP contribution in [0.5, 0.6) is 5.75 Å². The Hall–Kier alpha value is -2.82. The van der Waals surface area contributed by atoms with Gasteiger partial charge in [-0.15, -0.1) is 0 Å². The third-order valence-corrected chi connectivity index (χ3v) is 3.72. The highest BCUT2D eigenvalue weighted by Crippen LogP contribution is 2.17. The maximum absolute atomic E-state index is 12.3. The minimum Gasteiger partial charge on any atom is -0.508 e. The van der Waals surface area contributed by atoms with Gasteiger partial charge in [-0.1, -0.05) is 24.6 Å². The van der Waals surface area contributed by atoms with E-state index in [1.165, 1.54) is 5.56 Å². The number of nitrogens with one attached hydrogen (secondary N) is 2. The van der Waals surface area contributed by atoms with Crippen molar-refractivity contribution in [1.82, 2.24) is 5.43 Å². The summed E-state index contributed by atoms with van der Waals surface area (Å²) in [5.41, 5.74) is 6.59. The summed E-state index contributed by atoms with van der Waals surface area (Å²) in [6, 6.07) is 12.3. The van der Waals surface area contributed by atoms with Gasteiger partial charge in [-0.2, -0.15) is 5.10 Å². The smallest absolute Gasteiger partial charge is 0.262 e. The second-order valence-electron chi connectivity index (χ2n) is 5.75. The molecular formula is C19H23N3O2. The highest BCUT2D eigenvalue weighted by atomic mass is 16.3. The van der Waals surface area contributed by atoms with Crippen molar-refractivity contribution in [2.24, 2.45) is 5.10 Å². The number of hydrazone groups is 1. The van der Waals surface area contributed by atoms with Crippen molar-refractivity contribution in [2.75, 3.05) is 5.32 Å². The number of aromatic hydroxyl groups is 1. The highest BCUT2D eigenvalue weighted by molar-refractivity contribution is 5.87. The zero-order valence-corrected chi connectivity index (χ0v) is 14.2. The summed E-state index contributed by atoms with van der Waals surface area (Å²) in [7, 11) is 0. The van der Waals surface area contributed by atoms with Crippen LogP contribution in [0.4, 0.5) is 5.69 Å². The van der Waals surface area contributed by atoms with E-state index < -0.39 is 0 Å². The van der Waals surface area contributed by atoms with E-state index in [9.17, 15) is 9.90 Å². The van der Waals surface area contributed by atoms with Crippen molar-refractivity contribution in [2.45, 2.75) is 33.2 Å². The second-order valence-corrected chi connectivity index (χ2v) is 5.75. The summed E-state index contributed by atoms with van der Waals surface area (Å²) < 4.78 is 0. The number of carbonyl (C=O) groups is 1. The van der Waals surface area contributed by atoms with Gasteiger partial charge in [0.15, 0.2) is 0 Å². The fourth-order valence-electron chi connectivity index (χ4n) is 2.32. The van der Waals surface area contributed by atoms with Gasteiger partial charge in [0.25, 0.3) is 5.91 Å². The van der Waals surface area contributed by atoms with Crippen LogP contribution in [0.2, 0.25) is 0 Å². The van der Waals surface area contributed by atoms with Gasteiger partial charge in [-0.25, -0.2) is 5.43 Å². The van der Waals surface area contributed by atoms with E-state index in [1.54, 1.807) is 30.5 Å². The molecule has 0 aliphatic heterocycles. The quantitative estimate of drug-likeness (QED) is 0.563. The molecule has 0 fully saturated rings. The van der Waals surface area contributed by atoms with Crippen molar-refractivity contribution in [3.8, 4) is 5.75 Å². The van der Waals surface area contributed by atoms with Crippen molar-refractivity contribution in [3.63, 3.8) is 0 Å². The summed E-state index contributed by atoms with van der Waals surface area (Å²) in [5.74, 6) is 0.00686. The molecule has 0 aromatic heterocycles. The first-order chi connectivity index (χ1) is 11.5. The molecule has 3 N–H and O–H groups in total. The number of amides is 1. The van der Waals surface area contributed by atoms with Crippen LogP contribution in [0.25, 0.3) is 0 Å². The molecule has 2 rings (SSSR count). The third kappa shape index (κ3) is 4.84. The van der Waals surface area contributed by atoms with Gasteiger partial charge in [0, 0.05) is 5.69 Å². The van der Waals surface area contributed by atoms with E-state index >= 15 is 0 Å². The number of hydrogen-bond donors (Lipinski definition) is 3. The molecule has 0 heterocycles. The Labute approximate surface area is 142 Å². The molecule has 0 unspecified atom stereocenters. The normalized spacial score (nSPS) is 12.1. The molecule has 2 aromatic carbocycles. The van der Waals surface area contributed by atoms with Crippen LogP contribution >= 0.6 is 0 Å². The van der Waals surface area contributed by atoms with Gasteiger partial charge >= 0.3 is 0 Å². The lowest BCUT2D eigenvalue weighted by molar-refractivity contribution is -0.121. The fraction of sp³-hybridized carbons (Fsp3) is 0.263. The van der Waals surface area contributed by atoms with Gasteiger partial charge in [0.1, 0.15) is 11.8 Å². The van der Waals surface area contributed by atoms with Gasteiger partial charge in [-0.3, -0.25) is 4.79 Å². The largest absolute Gasteiger partial charge is 0.508 e. The lowest BCUT2D eigenvalue weighted by atomic mass is 10.1. The van der Waals surface area contributed by atoms with Crippen molar-refractivity contribution >= 4 is 17.8 Å². The van der Waals surface area contributed by atoms with E-state index in [0.29, 0.717) is 6.42 Å². The van der Waals surface area contributed by atoms with Crippen LogP contribution in [0.1, 0.15) is 30.0 Å². The Morgan fingerprint density at radius 2 is 1.92 bits per heavy atom.